The van der Waals surface area contributed by atoms with Gasteiger partial charge >= 0.3 is 18.0 Å². The van der Waals surface area contributed by atoms with Crippen molar-refractivity contribution in [1.29, 1.82) is 0 Å². The van der Waals surface area contributed by atoms with Crippen LogP contribution < -0.4 is 0 Å². The number of benzene rings is 1. The number of alkyl halides is 7. The number of hydrogen-bond donors (Lipinski definition) is 0. The van der Waals surface area contributed by atoms with Gasteiger partial charge < -0.3 is 0 Å². The van der Waals surface area contributed by atoms with Gasteiger partial charge in [-0.05, 0) is 42.5 Å². The molecule has 112 valence electrons. The third kappa shape index (κ3) is 2.16. The van der Waals surface area contributed by atoms with Crippen LogP contribution in [0.4, 0.5) is 30.7 Å². The standard InChI is InChI=1S/C12H8ClF7/c13-7-4-6-2-1-3-8(6)9(5-7)10(14,11(15,16)17)12(18,19)20/h4-5H,1-3H2. The van der Waals surface area contributed by atoms with Crippen LogP contribution in [0.3, 0.4) is 0 Å². The van der Waals surface area contributed by atoms with Crippen LogP contribution in [0.1, 0.15) is 23.1 Å². The Morgan fingerprint density at radius 3 is 1.90 bits per heavy atom. The molecule has 1 aliphatic rings. The maximum absolute atomic E-state index is 14.1. The van der Waals surface area contributed by atoms with Crippen molar-refractivity contribution in [2.45, 2.75) is 37.3 Å². The minimum atomic E-state index is -6.10. The van der Waals surface area contributed by atoms with E-state index in [2.05, 4.69) is 0 Å². The first-order valence-corrected chi connectivity index (χ1v) is 6.00. The van der Waals surface area contributed by atoms with Gasteiger partial charge in [-0.3, -0.25) is 0 Å². The largest absolute Gasteiger partial charge is 0.435 e. The predicted molar refractivity (Wildman–Crippen MR) is 58.4 cm³/mol. The van der Waals surface area contributed by atoms with E-state index in [1.807, 2.05) is 0 Å². The van der Waals surface area contributed by atoms with Gasteiger partial charge in [0, 0.05) is 10.6 Å². The van der Waals surface area contributed by atoms with Crippen molar-refractivity contribution in [3.63, 3.8) is 0 Å². The molecule has 0 aliphatic heterocycles. The average molecular weight is 321 g/mol. The van der Waals surface area contributed by atoms with Gasteiger partial charge in [-0.2, -0.15) is 26.3 Å². The van der Waals surface area contributed by atoms with Crippen molar-refractivity contribution < 1.29 is 30.7 Å². The summed E-state index contributed by atoms with van der Waals surface area (Å²) in [5, 5.41) is -0.337. The predicted octanol–water partition coefficient (Wildman–Crippen LogP) is 5.12. The Morgan fingerprint density at radius 1 is 0.850 bits per heavy atom. The summed E-state index contributed by atoms with van der Waals surface area (Å²) in [6.45, 7) is 0. The number of aryl methyl sites for hydroxylation is 1. The quantitative estimate of drug-likeness (QED) is 0.630. The summed E-state index contributed by atoms with van der Waals surface area (Å²) in [5.74, 6) is 0. The zero-order valence-electron chi connectivity index (χ0n) is 9.80. The maximum atomic E-state index is 14.1. The van der Waals surface area contributed by atoms with E-state index in [0.717, 1.165) is 0 Å². The minimum Gasteiger partial charge on any atom is -0.218 e. The Labute approximate surface area is 114 Å². The Hall–Kier alpha value is -0.980. The van der Waals surface area contributed by atoms with E-state index in [-0.39, 0.29) is 29.0 Å². The molecule has 0 saturated heterocycles. The van der Waals surface area contributed by atoms with Crippen LogP contribution in [0.15, 0.2) is 12.1 Å². The van der Waals surface area contributed by atoms with Crippen molar-refractivity contribution in [2.24, 2.45) is 0 Å². The summed E-state index contributed by atoms with van der Waals surface area (Å²) in [6.07, 6.45) is -11.6. The Bertz CT molecular complexity index is 516. The zero-order valence-corrected chi connectivity index (χ0v) is 10.6. The van der Waals surface area contributed by atoms with Crippen molar-refractivity contribution in [3.05, 3.63) is 33.8 Å². The van der Waals surface area contributed by atoms with Gasteiger partial charge in [0.15, 0.2) is 0 Å². The molecular weight excluding hydrogens is 313 g/mol. The van der Waals surface area contributed by atoms with E-state index in [1.54, 1.807) is 0 Å². The monoisotopic (exact) mass is 320 g/mol. The molecule has 0 aromatic heterocycles. The molecule has 0 amide bonds. The van der Waals surface area contributed by atoms with Gasteiger partial charge in [-0.1, -0.05) is 11.6 Å². The second-order valence-corrected chi connectivity index (χ2v) is 5.04. The Kier molecular flexibility index (Phi) is 3.48. The molecule has 0 atom stereocenters. The lowest BCUT2D eigenvalue weighted by Gasteiger charge is -2.32. The van der Waals surface area contributed by atoms with E-state index in [1.165, 1.54) is 6.07 Å². The summed E-state index contributed by atoms with van der Waals surface area (Å²) in [4.78, 5) is 0. The zero-order chi connectivity index (χ0) is 15.3. The fraction of sp³-hybridized carbons (Fsp3) is 0.500. The van der Waals surface area contributed by atoms with Crippen LogP contribution in [-0.4, -0.2) is 12.4 Å². The van der Waals surface area contributed by atoms with Crippen LogP contribution in [0, 0.1) is 0 Å². The molecule has 1 aliphatic carbocycles. The molecule has 20 heavy (non-hydrogen) atoms. The van der Waals surface area contributed by atoms with Crippen molar-refractivity contribution in [2.75, 3.05) is 0 Å². The van der Waals surface area contributed by atoms with E-state index in [0.29, 0.717) is 12.5 Å². The number of halogens is 8. The maximum Gasteiger partial charge on any atom is 0.435 e. The summed E-state index contributed by atoms with van der Waals surface area (Å²) >= 11 is 5.53. The number of fused-ring (bicyclic) bond motifs is 1. The normalized spacial score (nSPS) is 16.4. The van der Waals surface area contributed by atoms with Crippen LogP contribution >= 0.6 is 11.6 Å². The smallest absolute Gasteiger partial charge is 0.218 e. The van der Waals surface area contributed by atoms with Crippen molar-refractivity contribution >= 4 is 11.6 Å². The molecule has 0 fully saturated rings. The molecule has 0 nitrogen and oxygen atoms in total. The highest BCUT2D eigenvalue weighted by Crippen LogP contribution is 2.55. The Balaban J connectivity index is 2.75. The molecule has 1 aromatic rings. The first-order chi connectivity index (χ1) is 8.98. The minimum absolute atomic E-state index is 0.0281. The molecule has 0 heterocycles. The van der Waals surface area contributed by atoms with E-state index in [9.17, 15) is 30.7 Å². The summed E-state index contributed by atoms with van der Waals surface area (Å²) < 4.78 is 90.6. The molecule has 0 spiro atoms. The third-order valence-electron chi connectivity index (χ3n) is 3.33. The van der Waals surface area contributed by atoms with Gasteiger partial charge in [0.2, 0.25) is 0 Å². The first kappa shape index (κ1) is 15.4. The lowest BCUT2D eigenvalue weighted by molar-refractivity contribution is -0.348. The van der Waals surface area contributed by atoms with Crippen LogP contribution in [0.2, 0.25) is 5.02 Å². The van der Waals surface area contributed by atoms with E-state index >= 15 is 0 Å². The molecule has 0 bridgehead atoms. The third-order valence-corrected chi connectivity index (χ3v) is 3.55. The highest BCUT2D eigenvalue weighted by Gasteiger charge is 2.74. The molecule has 8 heteroatoms. The fourth-order valence-electron chi connectivity index (χ4n) is 2.44. The van der Waals surface area contributed by atoms with E-state index in [4.69, 9.17) is 11.6 Å². The fourth-order valence-corrected chi connectivity index (χ4v) is 2.68. The number of rotatable bonds is 1. The second-order valence-electron chi connectivity index (χ2n) is 4.60. The van der Waals surface area contributed by atoms with Crippen LogP contribution in [0.5, 0.6) is 0 Å². The molecule has 2 rings (SSSR count). The Morgan fingerprint density at radius 2 is 1.40 bits per heavy atom. The van der Waals surface area contributed by atoms with Gasteiger partial charge in [-0.25, -0.2) is 4.39 Å². The van der Waals surface area contributed by atoms with Crippen molar-refractivity contribution in [1.82, 2.24) is 0 Å². The van der Waals surface area contributed by atoms with Crippen LogP contribution in [-0.2, 0) is 18.5 Å². The first-order valence-electron chi connectivity index (χ1n) is 5.62. The summed E-state index contributed by atoms with van der Waals surface area (Å²) in [5.41, 5.74) is -6.84. The van der Waals surface area contributed by atoms with Gasteiger partial charge in [0.1, 0.15) is 0 Å². The highest BCUT2D eigenvalue weighted by molar-refractivity contribution is 6.30. The highest BCUT2D eigenvalue weighted by atomic mass is 35.5. The van der Waals surface area contributed by atoms with Crippen molar-refractivity contribution in [3.8, 4) is 0 Å². The van der Waals surface area contributed by atoms with Gasteiger partial charge in [-0.15, -0.1) is 0 Å². The summed E-state index contributed by atoms with van der Waals surface area (Å²) in [6, 6.07) is 1.70. The molecule has 0 unspecified atom stereocenters. The SMILES string of the molecule is FC(F)(F)C(F)(c1cc(Cl)cc2c1CCC2)C(F)(F)F. The molecule has 0 saturated carbocycles. The van der Waals surface area contributed by atoms with Gasteiger partial charge in [0.05, 0.1) is 0 Å². The molecule has 0 radical (unpaired) electrons. The van der Waals surface area contributed by atoms with Crippen LogP contribution in [0.25, 0.3) is 0 Å². The summed E-state index contributed by atoms with van der Waals surface area (Å²) in [7, 11) is 0. The number of hydrogen-bond acceptors (Lipinski definition) is 0. The van der Waals surface area contributed by atoms with E-state index < -0.39 is 23.6 Å². The molecular formula is C12H8ClF7. The lowest BCUT2D eigenvalue weighted by atomic mass is 9.88. The lowest BCUT2D eigenvalue weighted by Crippen LogP contribution is -2.51. The average Bonchev–Trinajstić information content (AvgIpc) is 2.71. The second kappa shape index (κ2) is 4.51. The van der Waals surface area contributed by atoms with Gasteiger partial charge in [0.25, 0.3) is 0 Å². The molecule has 1 aromatic carbocycles. The molecule has 0 N–H and O–H groups in total. The topological polar surface area (TPSA) is 0 Å².